The number of phenolic OH excluding ortho intramolecular Hbond substituents is 1. The average molecular weight is 308 g/mol. The van der Waals surface area contributed by atoms with Crippen molar-refractivity contribution in [3.05, 3.63) is 60.3 Å². The summed E-state index contributed by atoms with van der Waals surface area (Å²) in [7, 11) is 0. The fraction of sp³-hybridized carbons (Fsp3) is 0.0556. The molecule has 0 saturated heterocycles. The van der Waals surface area contributed by atoms with Crippen molar-refractivity contribution in [2.24, 2.45) is 5.73 Å². The molecule has 0 aliphatic rings. The molecule has 116 valence electrons. The molecule has 0 unspecified atom stereocenters. The lowest BCUT2D eigenvalue weighted by Gasteiger charge is -2.09. The van der Waals surface area contributed by atoms with Gasteiger partial charge in [0.05, 0.1) is 11.2 Å². The molecule has 0 fully saturated rings. The van der Waals surface area contributed by atoms with Gasteiger partial charge in [-0.3, -0.25) is 0 Å². The van der Waals surface area contributed by atoms with Crippen LogP contribution in [0.15, 0.2) is 54.6 Å². The summed E-state index contributed by atoms with van der Waals surface area (Å²) in [6.07, 6.45) is 2.86. The summed E-state index contributed by atoms with van der Waals surface area (Å²) in [4.78, 5) is 11.3. The zero-order chi connectivity index (χ0) is 16.4. The van der Waals surface area contributed by atoms with Crippen LogP contribution in [0.25, 0.3) is 22.7 Å². The third-order valence-electron chi connectivity index (χ3n) is 3.50. The fourth-order valence-electron chi connectivity index (χ4n) is 2.63. The van der Waals surface area contributed by atoms with Crippen LogP contribution in [0.2, 0.25) is 0 Å². The van der Waals surface area contributed by atoms with E-state index in [4.69, 9.17) is 10.5 Å². The zero-order valence-electron chi connectivity index (χ0n) is 12.6. The van der Waals surface area contributed by atoms with E-state index in [9.17, 15) is 9.90 Å². The Balaban J connectivity index is 2.37. The summed E-state index contributed by atoms with van der Waals surface area (Å²) in [6.45, 7) is 1.88. The predicted octanol–water partition coefficient (Wildman–Crippen LogP) is 3.83. The Bertz CT molecular complexity index is 893. The van der Waals surface area contributed by atoms with E-state index in [1.165, 1.54) is 0 Å². The molecular formula is C18H16N2O3. The molecule has 0 saturated carbocycles. The molecule has 3 N–H and O–H groups in total. The van der Waals surface area contributed by atoms with Crippen molar-refractivity contribution in [1.82, 2.24) is 4.57 Å². The van der Waals surface area contributed by atoms with E-state index < -0.39 is 6.09 Å². The highest BCUT2D eigenvalue weighted by atomic mass is 16.5. The first-order chi connectivity index (χ1) is 11.1. The molecular weight excluding hydrogens is 292 g/mol. The molecule has 0 bridgehead atoms. The Kier molecular flexibility index (Phi) is 3.76. The lowest BCUT2D eigenvalue weighted by molar-refractivity contribution is 0.211. The van der Waals surface area contributed by atoms with Crippen LogP contribution >= 0.6 is 0 Å². The first-order valence-corrected chi connectivity index (χ1v) is 7.14. The highest BCUT2D eigenvalue weighted by molar-refractivity contribution is 5.94. The highest BCUT2D eigenvalue weighted by Crippen LogP contribution is 2.36. The molecule has 0 atom stereocenters. The van der Waals surface area contributed by atoms with Crippen molar-refractivity contribution in [3.63, 3.8) is 0 Å². The number of aromatic hydroxyl groups is 1. The summed E-state index contributed by atoms with van der Waals surface area (Å²) in [6, 6.07) is 14.4. The second kappa shape index (κ2) is 5.88. The normalized spacial score (nSPS) is 11.2. The molecule has 0 radical (unpaired) electrons. The topological polar surface area (TPSA) is 77.5 Å². The van der Waals surface area contributed by atoms with Gasteiger partial charge < -0.3 is 20.1 Å². The number of carbonyl (C=O) groups excluding carboxylic acids is 1. The molecule has 0 aliphatic heterocycles. The molecule has 1 amide bonds. The lowest BCUT2D eigenvalue weighted by atomic mass is 10.2. The molecule has 5 heteroatoms. The Hall–Kier alpha value is -3.21. The standard InChI is InChI=1S/C18H16N2O3/c1-2-5-16-17(23-18(19)22)14-6-3-4-7-15(14)20(16)12-8-10-13(21)11-9-12/h2-11,21H,1H3,(H2,19,22)/b5-2+. The minimum Gasteiger partial charge on any atom is -0.508 e. The van der Waals surface area contributed by atoms with Crippen molar-refractivity contribution in [2.75, 3.05) is 0 Å². The minimum absolute atomic E-state index is 0.186. The van der Waals surface area contributed by atoms with Gasteiger partial charge in [0, 0.05) is 11.1 Å². The van der Waals surface area contributed by atoms with Crippen molar-refractivity contribution in [3.8, 4) is 17.2 Å². The van der Waals surface area contributed by atoms with Gasteiger partial charge in [-0.1, -0.05) is 18.2 Å². The van der Waals surface area contributed by atoms with Crippen LogP contribution in [0.5, 0.6) is 11.5 Å². The summed E-state index contributed by atoms with van der Waals surface area (Å²) in [5.41, 5.74) is 7.64. The number of allylic oxidation sites excluding steroid dienone is 1. The molecule has 3 rings (SSSR count). The Labute approximate surface area is 133 Å². The van der Waals surface area contributed by atoms with Crippen molar-refractivity contribution in [1.29, 1.82) is 0 Å². The number of primary amides is 1. The van der Waals surface area contributed by atoms with E-state index >= 15 is 0 Å². The number of para-hydroxylation sites is 1. The average Bonchev–Trinajstić information content (AvgIpc) is 2.82. The van der Waals surface area contributed by atoms with E-state index in [0.717, 1.165) is 16.6 Å². The number of aromatic nitrogens is 1. The van der Waals surface area contributed by atoms with Crippen molar-refractivity contribution in [2.45, 2.75) is 6.92 Å². The van der Waals surface area contributed by atoms with Gasteiger partial charge in [-0.25, -0.2) is 4.79 Å². The number of benzene rings is 2. The van der Waals surface area contributed by atoms with Crippen LogP contribution in [0.3, 0.4) is 0 Å². The number of rotatable bonds is 3. The first-order valence-electron chi connectivity index (χ1n) is 7.14. The molecule has 3 aromatic rings. The predicted molar refractivity (Wildman–Crippen MR) is 89.9 cm³/mol. The van der Waals surface area contributed by atoms with Crippen LogP contribution in [0.4, 0.5) is 4.79 Å². The monoisotopic (exact) mass is 308 g/mol. The molecule has 5 nitrogen and oxygen atoms in total. The smallest absolute Gasteiger partial charge is 0.410 e. The lowest BCUT2D eigenvalue weighted by Crippen LogP contribution is -2.16. The third kappa shape index (κ3) is 2.64. The number of fused-ring (bicyclic) bond motifs is 1. The fourth-order valence-corrected chi connectivity index (χ4v) is 2.63. The van der Waals surface area contributed by atoms with Gasteiger partial charge in [-0.15, -0.1) is 0 Å². The number of nitrogens with two attached hydrogens (primary N) is 1. The number of carbonyl (C=O) groups is 1. The van der Waals surface area contributed by atoms with E-state index in [-0.39, 0.29) is 5.75 Å². The van der Waals surface area contributed by atoms with E-state index in [1.54, 1.807) is 24.3 Å². The van der Waals surface area contributed by atoms with Gasteiger partial charge in [-0.05, 0) is 49.4 Å². The van der Waals surface area contributed by atoms with Gasteiger partial charge in [0.1, 0.15) is 5.75 Å². The number of ether oxygens (including phenoxy) is 1. The van der Waals surface area contributed by atoms with Crippen LogP contribution in [0.1, 0.15) is 12.6 Å². The molecule has 0 aliphatic carbocycles. The van der Waals surface area contributed by atoms with Crippen molar-refractivity contribution >= 4 is 23.1 Å². The Morgan fingerprint density at radius 1 is 1.17 bits per heavy atom. The number of hydrogen-bond acceptors (Lipinski definition) is 3. The van der Waals surface area contributed by atoms with Gasteiger partial charge in [0.15, 0.2) is 5.75 Å². The van der Waals surface area contributed by atoms with Crippen LogP contribution in [-0.4, -0.2) is 15.8 Å². The molecule has 1 aromatic heterocycles. The van der Waals surface area contributed by atoms with Crippen molar-refractivity contribution < 1.29 is 14.6 Å². The molecule has 1 heterocycles. The maximum atomic E-state index is 11.3. The molecule has 2 aromatic carbocycles. The summed E-state index contributed by atoms with van der Waals surface area (Å²) in [5.74, 6) is 0.602. The number of nitrogens with zero attached hydrogens (tertiary/aromatic N) is 1. The summed E-state index contributed by atoms with van der Waals surface area (Å²) >= 11 is 0. The Morgan fingerprint density at radius 3 is 2.52 bits per heavy atom. The van der Waals surface area contributed by atoms with Gasteiger partial charge in [0.25, 0.3) is 0 Å². The maximum Gasteiger partial charge on any atom is 0.410 e. The molecule has 0 spiro atoms. The number of phenols is 1. The van der Waals surface area contributed by atoms with E-state index in [2.05, 4.69) is 0 Å². The zero-order valence-corrected chi connectivity index (χ0v) is 12.6. The van der Waals surface area contributed by atoms with Gasteiger partial charge in [-0.2, -0.15) is 0 Å². The second-order valence-electron chi connectivity index (χ2n) is 5.00. The highest BCUT2D eigenvalue weighted by Gasteiger charge is 2.19. The SMILES string of the molecule is C/C=C/c1c(OC(N)=O)c2ccccc2n1-c1ccc(O)cc1. The van der Waals surface area contributed by atoms with E-state index in [0.29, 0.717) is 11.4 Å². The largest absolute Gasteiger partial charge is 0.508 e. The summed E-state index contributed by atoms with van der Waals surface area (Å²) < 4.78 is 7.21. The second-order valence-corrected chi connectivity index (χ2v) is 5.00. The Morgan fingerprint density at radius 2 is 1.87 bits per heavy atom. The van der Waals surface area contributed by atoms with E-state index in [1.807, 2.05) is 47.9 Å². The quantitative estimate of drug-likeness (QED) is 0.772. The minimum atomic E-state index is -0.857. The first kappa shape index (κ1) is 14.7. The van der Waals surface area contributed by atoms with Gasteiger partial charge in [0.2, 0.25) is 0 Å². The van der Waals surface area contributed by atoms with Crippen LogP contribution < -0.4 is 10.5 Å². The summed E-state index contributed by atoms with van der Waals surface area (Å²) in [5, 5.41) is 10.3. The van der Waals surface area contributed by atoms with Crippen LogP contribution in [0, 0.1) is 0 Å². The number of amides is 1. The third-order valence-corrected chi connectivity index (χ3v) is 3.50. The maximum absolute atomic E-state index is 11.3. The molecule has 23 heavy (non-hydrogen) atoms. The number of hydrogen-bond donors (Lipinski definition) is 2. The van der Waals surface area contributed by atoms with Crippen LogP contribution in [-0.2, 0) is 0 Å². The van der Waals surface area contributed by atoms with Gasteiger partial charge >= 0.3 is 6.09 Å².